The average molecular weight is 257 g/mol. The van der Waals surface area contributed by atoms with Crippen molar-refractivity contribution in [1.82, 2.24) is 0 Å². The van der Waals surface area contributed by atoms with Gasteiger partial charge in [-0.15, -0.1) is 23.4 Å². The van der Waals surface area contributed by atoms with Crippen LogP contribution < -0.4 is 0 Å². The van der Waals surface area contributed by atoms with E-state index in [1.807, 2.05) is 17.8 Å². The van der Waals surface area contributed by atoms with Crippen LogP contribution in [-0.2, 0) is 4.74 Å². The van der Waals surface area contributed by atoms with Gasteiger partial charge in [-0.05, 0) is 36.6 Å². The number of hydrogen-bond acceptors (Lipinski definition) is 2. The predicted octanol–water partition coefficient (Wildman–Crippen LogP) is 3.81. The lowest BCUT2D eigenvalue weighted by Gasteiger charge is -2.26. The van der Waals surface area contributed by atoms with Gasteiger partial charge in [-0.3, -0.25) is 0 Å². The molecular formula is C13H17ClOS. The first-order valence-electron chi connectivity index (χ1n) is 5.76. The van der Waals surface area contributed by atoms with Crippen molar-refractivity contribution in [3.05, 3.63) is 30.3 Å². The van der Waals surface area contributed by atoms with Crippen molar-refractivity contribution < 1.29 is 4.74 Å². The van der Waals surface area contributed by atoms with Crippen molar-refractivity contribution in [2.24, 2.45) is 5.92 Å². The van der Waals surface area contributed by atoms with E-state index in [2.05, 4.69) is 24.3 Å². The molecule has 1 aliphatic rings. The zero-order valence-corrected chi connectivity index (χ0v) is 10.8. The Labute approximate surface area is 107 Å². The molecule has 1 aromatic carbocycles. The summed E-state index contributed by atoms with van der Waals surface area (Å²) in [6.45, 7) is 1.67. The summed E-state index contributed by atoms with van der Waals surface area (Å²) in [5.41, 5.74) is 0. The molecule has 1 aliphatic heterocycles. The molecule has 88 valence electrons. The Morgan fingerprint density at radius 3 is 2.88 bits per heavy atom. The topological polar surface area (TPSA) is 9.23 Å². The van der Waals surface area contributed by atoms with Gasteiger partial charge in [0.15, 0.2) is 0 Å². The highest BCUT2D eigenvalue weighted by atomic mass is 35.5. The van der Waals surface area contributed by atoms with E-state index in [0.717, 1.165) is 31.8 Å². The van der Waals surface area contributed by atoms with Crippen LogP contribution in [0.1, 0.15) is 12.8 Å². The Morgan fingerprint density at radius 2 is 2.12 bits per heavy atom. The van der Waals surface area contributed by atoms with Gasteiger partial charge in [-0.2, -0.15) is 0 Å². The van der Waals surface area contributed by atoms with Crippen LogP contribution in [0.25, 0.3) is 0 Å². The zero-order chi connectivity index (χ0) is 11.2. The molecule has 1 nitrogen and oxygen atoms in total. The third-order valence-electron chi connectivity index (χ3n) is 2.88. The van der Waals surface area contributed by atoms with Crippen molar-refractivity contribution in [3.8, 4) is 0 Å². The van der Waals surface area contributed by atoms with Crippen LogP contribution in [0.4, 0.5) is 0 Å². The van der Waals surface area contributed by atoms with Crippen molar-refractivity contribution in [2.75, 3.05) is 19.0 Å². The molecule has 2 atom stereocenters. The van der Waals surface area contributed by atoms with E-state index < -0.39 is 0 Å². The first-order chi connectivity index (χ1) is 7.86. The highest BCUT2D eigenvalue weighted by Crippen LogP contribution is 2.26. The minimum absolute atomic E-state index is 0.310. The Kier molecular flexibility index (Phi) is 5.01. The molecule has 1 saturated heterocycles. The van der Waals surface area contributed by atoms with E-state index >= 15 is 0 Å². The number of thioether (sulfide) groups is 1. The molecule has 0 N–H and O–H groups in total. The van der Waals surface area contributed by atoms with Crippen LogP contribution in [0.2, 0.25) is 0 Å². The molecule has 0 aliphatic carbocycles. The Balaban J connectivity index is 1.71. The van der Waals surface area contributed by atoms with Gasteiger partial charge in [0.25, 0.3) is 0 Å². The Morgan fingerprint density at radius 1 is 1.31 bits per heavy atom. The molecule has 0 radical (unpaired) electrons. The molecule has 3 heteroatoms. The lowest BCUT2D eigenvalue weighted by molar-refractivity contribution is 0.0567. The minimum atomic E-state index is 0.310. The summed E-state index contributed by atoms with van der Waals surface area (Å²) in [7, 11) is 0. The van der Waals surface area contributed by atoms with Crippen LogP contribution in [0, 0.1) is 5.92 Å². The largest absolute Gasteiger partial charge is 0.381 e. The molecule has 1 heterocycles. The Bertz CT molecular complexity index is 304. The molecule has 1 fully saturated rings. The second-order valence-electron chi connectivity index (χ2n) is 4.09. The summed E-state index contributed by atoms with van der Waals surface area (Å²) in [6, 6.07) is 10.5. The van der Waals surface area contributed by atoms with Gasteiger partial charge >= 0.3 is 0 Å². The first-order valence-corrected chi connectivity index (χ1v) is 7.18. The molecule has 1 aromatic rings. The van der Waals surface area contributed by atoms with Crippen LogP contribution in [-0.4, -0.2) is 24.3 Å². The van der Waals surface area contributed by atoms with Gasteiger partial charge in [-0.25, -0.2) is 0 Å². The number of hydrogen-bond donors (Lipinski definition) is 0. The van der Waals surface area contributed by atoms with E-state index in [4.69, 9.17) is 16.3 Å². The average Bonchev–Trinajstić information content (AvgIpc) is 2.33. The fourth-order valence-corrected chi connectivity index (χ4v) is 3.17. The number of ether oxygens (including phenoxy) is 1. The third kappa shape index (κ3) is 3.69. The Hall–Kier alpha value is -0.180. The summed E-state index contributed by atoms with van der Waals surface area (Å²) >= 11 is 8.18. The van der Waals surface area contributed by atoms with Crippen LogP contribution in [0.3, 0.4) is 0 Å². The fourth-order valence-electron chi connectivity index (χ4n) is 1.88. The third-order valence-corrected chi connectivity index (χ3v) is 4.50. The summed E-state index contributed by atoms with van der Waals surface area (Å²) in [5, 5.41) is 0.310. The van der Waals surface area contributed by atoms with Crippen molar-refractivity contribution in [1.29, 1.82) is 0 Å². The molecule has 0 aromatic heterocycles. The number of rotatable bonds is 4. The second kappa shape index (κ2) is 6.53. The van der Waals surface area contributed by atoms with Crippen LogP contribution in [0.15, 0.2) is 35.2 Å². The quantitative estimate of drug-likeness (QED) is 0.598. The van der Waals surface area contributed by atoms with Crippen molar-refractivity contribution in [2.45, 2.75) is 23.1 Å². The second-order valence-corrected chi connectivity index (χ2v) is 5.82. The number of halogens is 1. The van der Waals surface area contributed by atoms with Gasteiger partial charge in [0.05, 0.1) is 6.61 Å². The van der Waals surface area contributed by atoms with Crippen molar-refractivity contribution in [3.63, 3.8) is 0 Å². The SMILES string of the molecule is ClC1CCOCC1CCSc1ccccc1. The lowest BCUT2D eigenvalue weighted by atomic mass is 9.99. The normalized spacial score (nSPS) is 25.6. The fraction of sp³-hybridized carbons (Fsp3) is 0.538. The minimum Gasteiger partial charge on any atom is -0.381 e. The molecule has 0 saturated carbocycles. The van der Waals surface area contributed by atoms with E-state index in [0.29, 0.717) is 11.3 Å². The monoisotopic (exact) mass is 256 g/mol. The van der Waals surface area contributed by atoms with E-state index in [1.54, 1.807) is 0 Å². The lowest BCUT2D eigenvalue weighted by Crippen LogP contribution is -2.28. The standard InChI is InChI=1S/C13H17ClOS/c14-13-6-8-15-10-11(13)7-9-16-12-4-2-1-3-5-12/h1-5,11,13H,6-10H2. The highest BCUT2D eigenvalue weighted by Gasteiger charge is 2.23. The molecule has 16 heavy (non-hydrogen) atoms. The number of benzene rings is 1. The first kappa shape index (κ1) is 12.3. The van der Waals surface area contributed by atoms with E-state index in [-0.39, 0.29) is 0 Å². The van der Waals surface area contributed by atoms with Crippen molar-refractivity contribution >= 4 is 23.4 Å². The van der Waals surface area contributed by atoms with Gasteiger partial charge in [0, 0.05) is 16.9 Å². The smallest absolute Gasteiger partial charge is 0.0508 e. The van der Waals surface area contributed by atoms with Gasteiger partial charge in [0.2, 0.25) is 0 Å². The molecule has 0 spiro atoms. The molecule has 0 bridgehead atoms. The molecule has 2 rings (SSSR count). The summed E-state index contributed by atoms with van der Waals surface area (Å²) in [6.07, 6.45) is 2.15. The zero-order valence-electron chi connectivity index (χ0n) is 9.27. The van der Waals surface area contributed by atoms with Gasteiger partial charge in [-0.1, -0.05) is 18.2 Å². The maximum Gasteiger partial charge on any atom is 0.0508 e. The molecular weight excluding hydrogens is 240 g/mol. The maximum absolute atomic E-state index is 6.28. The predicted molar refractivity (Wildman–Crippen MR) is 70.4 cm³/mol. The highest BCUT2D eigenvalue weighted by molar-refractivity contribution is 7.99. The maximum atomic E-state index is 6.28. The summed E-state index contributed by atoms with van der Waals surface area (Å²) < 4.78 is 5.46. The number of alkyl halides is 1. The molecule has 2 unspecified atom stereocenters. The van der Waals surface area contributed by atoms with Crippen LogP contribution >= 0.6 is 23.4 Å². The van der Waals surface area contributed by atoms with Gasteiger partial charge < -0.3 is 4.74 Å². The summed E-state index contributed by atoms with van der Waals surface area (Å²) in [4.78, 5) is 1.34. The van der Waals surface area contributed by atoms with Crippen LogP contribution in [0.5, 0.6) is 0 Å². The van der Waals surface area contributed by atoms with Gasteiger partial charge in [0.1, 0.15) is 0 Å². The van der Waals surface area contributed by atoms with E-state index in [1.165, 1.54) is 4.90 Å². The summed E-state index contributed by atoms with van der Waals surface area (Å²) in [5.74, 6) is 1.66. The van der Waals surface area contributed by atoms with E-state index in [9.17, 15) is 0 Å². The molecule has 0 amide bonds.